The molecule has 0 saturated heterocycles. The van der Waals surface area contributed by atoms with Crippen molar-refractivity contribution < 1.29 is 14.3 Å². The predicted octanol–water partition coefficient (Wildman–Crippen LogP) is 3.61. The Morgan fingerprint density at radius 3 is 2.26 bits per heavy atom. The molecule has 4 heteroatoms. The summed E-state index contributed by atoms with van der Waals surface area (Å²) in [7, 11) is -0.209. The fourth-order valence-electron chi connectivity index (χ4n) is 1.51. The Bertz CT molecular complexity index is 422. The van der Waals surface area contributed by atoms with E-state index in [0.717, 1.165) is 17.1 Å². The largest absolute Gasteiger partial charge is 0.541 e. The molecule has 0 aliphatic carbocycles. The van der Waals surface area contributed by atoms with Gasteiger partial charge in [-0.25, -0.2) is 0 Å². The summed E-state index contributed by atoms with van der Waals surface area (Å²) < 4.78 is 11.7. The lowest BCUT2D eigenvalue weighted by atomic mass is 10.1. The van der Waals surface area contributed by atoms with Crippen LogP contribution < -0.4 is 9.16 Å². The number of aliphatic hydroxyl groups excluding tert-OH is 1. The van der Waals surface area contributed by atoms with E-state index in [0.29, 0.717) is 6.42 Å². The number of hydrogen-bond donors (Lipinski definition) is 1. The molecule has 108 valence electrons. The molecule has 1 aromatic rings. The second-order valence-electron chi connectivity index (χ2n) is 6.32. The monoisotopic (exact) mass is 282 g/mol. The van der Waals surface area contributed by atoms with Crippen molar-refractivity contribution in [3.8, 4) is 11.5 Å². The van der Waals surface area contributed by atoms with E-state index < -0.39 is 8.32 Å². The molecule has 0 fully saturated rings. The van der Waals surface area contributed by atoms with Gasteiger partial charge in [0, 0.05) is 6.61 Å². The number of hydrogen-bond acceptors (Lipinski definition) is 3. The van der Waals surface area contributed by atoms with Gasteiger partial charge in [0.25, 0.3) is 8.32 Å². The van der Waals surface area contributed by atoms with Gasteiger partial charge in [0.1, 0.15) is 5.75 Å². The van der Waals surface area contributed by atoms with E-state index in [1.165, 1.54) is 0 Å². The normalized spacial score (nSPS) is 12.4. The maximum Gasteiger partial charge on any atom is 0.250 e. The predicted molar refractivity (Wildman–Crippen MR) is 81.6 cm³/mol. The average molecular weight is 282 g/mol. The number of aliphatic hydroxyl groups is 1. The second-order valence-corrected chi connectivity index (χ2v) is 11.0. The highest BCUT2D eigenvalue weighted by Crippen LogP contribution is 2.40. The van der Waals surface area contributed by atoms with Crippen LogP contribution in [0.1, 0.15) is 26.3 Å². The summed E-state index contributed by atoms with van der Waals surface area (Å²) in [6.07, 6.45) is 0.636. The molecule has 1 rings (SSSR count). The van der Waals surface area contributed by atoms with E-state index in [2.05, 4.69) is 33.9 Å². The molecular weight excluding hydrogens is 256 g/mol. The standard InChI is InChI=1S/C15H26O3Si/c1-15(2,3)19(5,6)18-13-8-7-12(9-10-16)11-14(13)17-4/h7-8,11,16H,9-10H2,1-6H3. The van der Waals surface area contributed by atoms with Crippen molar-refractivity contribution in [1.29, 1.82) is 0 Å². The highest BCUT2D eigenvalue weighted by atomic mass is 28.4. The first-order valence-electron chi connectivity index (χ1n) is 6.68. The van der Waals surface area contributed by atoms with Crippen LogP contribution in [0.15, 0.2) is 18.2 Å². The summed E-state index contributed by atoms with van der Waals surface area (Å²) in [5.41, 5.74) is 1.06. The van der Waals surface area contributed by atoms with E-state index in [1.54, 1.807) is 7.11 Å². The SMILES string of the molecule is COc1cc(CCO)ccc1O[Si](C)(C)C(C)(C)C. The molecule has 0 spiro atoms. The van der Waals surface area contributed by atoms with Crippen LogP contribution in [0.3, 0.4) is 0 Å². The zero-order valence-electron chi connectivity index (χ0n) is 12.9. The van der Waals surface area contributed by atoms with Gasteiger partial charge in [0.2, 0.25) is 0 Å². The van der Waals surface area contributed by atoms with Gasteiger partial charge in [0.05, 0.1) is 7.11 Å². The van der Waals surface area contributed by atoms with Crippen LogP contribution in [-0.2, 0) is 6.42 Å². The van der Waals surface area contributed by atoms with Gasteiger partial charge in [-0.05, 0) is 42.2 Å². The molecule has 0 atom stereocenters. The third-order valence-electron chi connectivity index (χ3n) is 3.80. The van der Waals surface area contributed by atoms with Crippen LogP contribution in [0.4, 0.5) is 0 Å². The summed E-state index contributed by atoms with van der Waals surface area (Å²) in [5, 5.41) is 9.14. The van der Waals surface area contributed by atoms with Crippen molar-refractivity contribution in [3.05, 3.63) is 23.8 Å². The molecule has 0 heterocycles. The van der Waals surface area contributed by atoms with Gasteiger partial charge in [-0.15, -0.1) is 0 Å². The molecule has 1 aromatic carbocycles. The Morgan fingerprint density at radius 2 is 1.79 bits per heavy atom. The first kappa shape index (κ1) is 16.1. The van der Waals surface area contributed by atoms with Gasteiger partial charge in [-0.3, -0.25) is 0 Å². The van der Waals surface area contributed by atoms with Crippen LogP contribution in [0, 0.1) is 0 Å². The summed E-state index contributed by atoms with van der Waals surface area (Å²) in [6, 6.07) is 5.88. The Labute approximate surface area is 117 Å². The van der Waals surface area contributed by atoms with Gasteiger partial charge in [-0.1, -0.05) is 26.8 Å². The maximum absolute atomic E-state index is 8.98. The Balaban J connectivity index is 3.01. The molecule has 0 aliphatic rings. The van der Waals surface area contributed by atoms with Crippen LogP contribution >= 0.6 is 0 Å². The van der Waals surface area contributed by atoms with Crippen molar-refractivity contribution in [2.45, 2.75) is 45.3 Å². The van der Waals surface area contributed by atoms with Gasteiger partial charge in [0.15, 0.2) is 5.75 Å². The molecule has 0 saturated carbocycles. The molecule has 0 radical (unpaired) electrons. The van der Waals surface area contributed by atoms with E-state index >= 15 is 0 Å². The topological polar surface area (TPSA) is 38.7 Å². The highest BCUT2D eigenvalue weighted by molar-refractivity contribution is 6.74. The Kier molecular flexibility index (Phi) is 5.04. The van der Waals surface area contributed by atoms with Crippen LogP contribution in [0.25, 0.3) is 0 Å². The van der Waals surface area contributed by atoms with Crippen molar-refractivity contribution in [1.82, 2.24) is 0 Å². The van der Waals surface area contributed by atoms with Crippen LogP contribution in [0.5, 0.6) is 11.5 Å². The smallest absolute Gasteiger partial charge is 0.250 e. The molecular formula is C15H26O3Si. The van der Waals surface area contributed by atoms with E-state index in [4.69, 9.17) is 14.3 Å². The third kappa shape index (κ3) is 3.98. The summed E-state index contributed by atoms with van der Waals surface area (Å²) in [5.74, 6) is 1.55. The summed E-state index contributed by atoms with van der Waals surface area (Å²) in [4.78, 5) is 0. The minimum Gasteiger partial charge on any atom is -0.541 e. The minimum atomic E-state index is -1.86. The quantitative estimate of drug-likeness (QED) is 0.838. The molecule has 0 aliphatic heterocycles. The van der Waals surface area contributed by atoms with E-state index in [-0.39, 0.29) is 11.6 Å². The summed E-state index contributed by atoms with van der Waals surface area (Å²) in [6.45, 7) is 11.2. The second kappa shape index (κ2) is 5.97. The molecule has 0 aromatic heterocycles. The lowest BCUT2D eigenvalue weighted by Crippen LogP contribution is -2.43. The average Bonchev–Trinajstić information content (AvgIpc) is 2.29. The molecule has 0 amide bonds. The minimum absolute atomic E-state index is 0.144. The zero-order valence-corrected chi connectivity index (χ0v) is 13.9. The van der Waals surface area contributed by atoms with E-state index in [9.17, 15) is 0 Å². The zero-order chi connectivity index (χ0) is 14.7. The van der Waals surface area contributed by atoms with Crippen LogP contribution in [0.2, 0.25) is 18.1 Å². The summed E-state index contributed by atoms with van der Waals surface area (Å²) >= 11 is 0. The fraction of sp³-hybridized carbons (Fsp3) is 0.600. The third-order valence-corrected chi connectivity index (χ3v) is 8.14. The molecule has 3 nitrogen and oxygen atoms in total. The molecule has 0 unspecified atom stereocenters. The fourth-order valence-corrected chi connectivity index (χ4v) is 2.53. The number of benzene rings is 1. The van der Waals surface area contributed by atoms with Crippen molar-refractivity contribution in [3.63, 3.8) is 0 Å². The number of methoxy groups -OCH3 is 1. The van der Waals surface area contributed by atoms with Crippen molar-refractivity contribution in [2.75, 3.05) is 13.7 Å². The van der Waals surface area contributed by atoms with Crippen molar-refractivity contribution >= 4 is 8.32 Å². The maximum atomic E-state index is 8.98. The van der Waals surface area contributed by atoms with Crippen LogP contribution in [-0.4, -0.2) is 27.1 Å². The molecule has 1 N–H and O–H groups in total. The Hall–Kier alpha value is -1.00. The first-order valence-corrected chi connectivity index (χ1v) is 9.59. The lowest BCUT2D eigenvalue weighted by molar-refractivity contribution is 0.299. The van der Waals surface area contributed by atoms with Gasteiger partial charge < -0.3 is 14.3 Å². The Morgan fingerprint density at radius 1 is 1.16 bits per heavy atom. The highest BCUT2D eigenvalue weighted by Gasteiger charge is 2.39. The number of rotatable bonds is 5. The van der Waals surface area contributed by atoms with Gasteiger partial charge in [-0.2, -0.15) is 0 Å². The van der Waals surface area contributed by atoms with Crippen molar-refractivity contribution in [2.24, 2.45) is 0 Å². The first-order chi connectivity index (χ1) is 8.71. The lowest BCUT2D eigenvalue weighted by Gasteiger charge is -2.36. The molecule has 0 bridgehead atoms. The molecule has 19 heavy (non-hydrogen) atoms. The number of ether oxygens (including phenoxy) is 1. The van der Waals surface area contributed by atoms with Gasteiger partial charge >= 0.3 is 0 Å². The van der Waals surface area contributed by atoms with E-state index in [1.807, 2.05) is 18.2 Å².